The number of pyridine rings is 2. The minimum atomic E-state index is -0.0626. The van der Waals surface area contributed by atoms with Gasteiger partial charge < -0.3 is 19.7 Å². The number of anilines is 3. The summed E-state index contributed by atoms with van der Waals surface area (Å²) in [5, 5.41) is 3.08. The van der Waals surface area contributed by atoms with Gasteiger partial charge in [-0.15, -0.1) is 0 Å². The summed E-state index contributed by atoms with van der Waals surface area (Å²) in [6, 6.07) is 7.56. The van der Waals surface area contributed by atoms with Crippen LogP contribution >= 0.6 is 0 Å². The summed E-state index contributed by atoms with van der Waals surface area (Å²) in [5.74, 6) is 0.682. The third-order valence-electron chi connectivity index (χ3n) is 4.00. The molecule has 6 nitrogen and oxygen atoms in total. The largest absolute Gasteiger partial charge is 0.368 e. The molecule has 0 amide bonds. The molecule has 0 atom stereocenters. The van der Waals surface area contributed by atoms with Crippen molar-refractivity contribution in [3.05, 3.63) is 47.0 Å². The quantitative estimate of drug-likeness (QED) is 0.925. The van der Waals surface area contributed by atoms with Gasteiger partial charge in [-0.3, -0.25) is 4.79 Å². The average Bonchev–Trinajstić information content (AvgIpc) is 2.53. The first-order chi connectivity index (χ1) is 10.6. The smallest absolute Gasteiger partial charge is 0.274 e. The molecule has 0 radical (unpaired) electrons. The van der Waals surface area contributed by atoms with E-state index in [1.165, 1.54) is 0 Å². The van der Waals surface area contributed by atoms with E-state index in [-0.39, 0.29) is 5.56 Å². The van der Waals surface area contributed by atoms with Crippen LogP contribution in [0.5, 0.6) is 0 Å². The van der Waals surface area contributed by atoms with Crippen molar-refractivity contribution in [1.82, 2.24) is 14.5 Å². The molecule has 22 heavy (non-hydrogen) atoms. The number of nitrogens with zero attached hydrogens (tertiary/aromatic N) is 4. The van der Waals surface area contributed by atoms with Crippen LogP contribution in [-0.4, -0.2) is 47.7 Å². The predicted octanol–water partition coefficient (Wildman–Crippen LogP) is 1.28. The molecule has 1 N–H and O–H groups in total. The molecule has 3 heterocycles. The molecule has 0 bridgehead atoms. The molecule has 0 aliphatic carbocycles. The number of nitrogens with one attached hydrogen (secondary N) is 1. The monoisotopic (exact) mass is 299 g/mol. The zero-order valence-corrected chi connectivity index (χ0v) is 13.0. The maximum absolute atomic E-state index is 12.0. The average molecular weight is 299 g/mol. The molecule has 1 saturated heterocycles. The van der Waals surface area contributed by atoms with Gasteiger partial charge in [0.05, 0.1) is 11.9 Å². The number of hydrogen-bond donors (Lipinski definition) is 1. The van der Waals surface area contributed by atoms with Crippen molar-refractivity contribution in [2.75, 3.05) is 43.4 Å². The fourth-order valence-corrected chi connectivity index (χ4v) is 2.54. The van der Waals surface area contributed by atoms with Crippen LogP contribution in [-0.2, 0) is 7.05 Å². The Balaban J connectivity index is 1.72. The van der Waals surface area contributed by atoms with Crippen molar-refractivity contribution in [3.63, 3.8) is 0 Å². The van der Waals surface area contributed by atoms with Crippen molar-refractivity contribution in [3.8, 4) is 0 Å². The highest BCUT2D eigenvalue weighted by molar-refractivity contribution is 5.57. The zero-order chi connectivity index (χ0) is 15.5. The van der Waals surface area contributed by atoms with Crippen LogP contribution in [0.4, 0.5) is 17.2 Å². The van der Waals surface area contributed by atoms with E-state index in [0.717, 1.165) is 31.9 Å². The molecular weight excluding hydrogens is 278 g/mol. The van der Waals surface area contributed by atoms with Crippen LogP contribution < -0.4 is 15.8 Å². The Labute approximate surface area is 130 Å². The van der Waals surface area contributed by atoms with Gasteiger partial charge in [0, 0.05) is 39.4 Å². The summed E-state index contributed by atoms with van der Waals surface area (Å²) in [4.78, 5) is 21.1. The minimum Gasteiger partial charge on any atom is -0.368 e. The van der Waals surface area contributed by atoms with E-state index >= 15 is 0 Å². The van der Waals surface area contributed by atoms with Gasteiger partial charge in [0.2, 0.25) is 0 Å². The maximum Gasteiger partial charge on any atom is 0.274 e. The van der Waals surface area contributed by atoms with Crippen LogP contribution in [0, 0.1) is 0 Å². The molecule has 1 fully saturated rings. The molecular formula is C16H21N5O. The van der Waals surface area contributed by atoms with Gasteiger partial charge >= 0.3 is 0 Å². The molecule has 0 aromatic carbocycles. The third kappa shape index (κ3) is 3.12. The summed E-state index contributed by atoms with van der Waals surface area (Å²) in [7, 11) is 3.88. The lowest BCUT2D eigenvalue weighted by Gasteiger charge is -2.33. The molecule has 3 rings (SSSR count). The van der Waals surface area contributed by atoms with Gasteiger partial charge in [0.15, 0.2) is 0 Å². The van der Waals surface area contributed by atoms with Crippen molar-refractivity contribution < 1.29 is 0 Å². The van der Waals surface area contributed by atoms with Crippen LogP contribution in [0.25, 0.3) is 0 Å². The van der Waals surface area contributed by atoms with Gasteiger partial charge in [-0.2, -0.15) is 0 Å². The first-order valence-corrected chi connectivity index (χ1v) is 7.46. The second-order valence-electron chi connectivity index (χ2n) is 5.65. The summed E-state index contributed by atoms with van der Waals surface area (Å²) < 4.78 is 1.54. The minimum absolute atomic E-state index is 0.0626. The Morgan fingerprint density at radius 1 is 1.09 bits per heavy atom. The lowest BCUT2D eigenvalue weighted by atomic mass is 10.3. The molecule has 116 valence electrons. The standard InChI is InChI=1S/C16H21N5O/c1-19-8-10-21(11-9-19)13-5-6-15(17-12-13)18-14-4-3-7-20(2)16(14)22/h3-7,12H,8-11H2,1-2H3,(H,17,18). The van der Waals surface area contributed by atoms with Crippen LogP contribution in [0.1, 0.15) is 0 Å². The summed E-state index contributed by atoms with van der Waals surface area (Å²) in [6.45, 7) is 4.18. The van der Waals surface area contributed by atoms with E-state index in [1.54, 1.807) is 23.9 Å². The van der Waals surface area contributed by atoms with E-state index in [9.17, 15) is 4.79 Å². The van der Waals surface area contributed by atoms with E-state index in [4.69, 9.17) is 0 Å². The van der Waals surface area contributed by atoms with Crippen LogP contribution in [0.2, 0.25) is 0 Å². The number of likely N-dealkylation sites (N-methyl/N-ethyl adjacent to an activating group) is 1. The fraction of sp³-hybridized carbons (Fsp3) is 0.375. The number of hydrogen-bond acceptors (Lipinski definition) is 5. The predicted molar refractivity (Wildman–Crippen MR) is 88.9 cm³/mol. The van der Waals surface area contributed by atoms with Gasteiger partial charge in [-0.1, -0.05) is 0 Å². The first-order valence-electron chi connectivity index (χ1n) is 7.46. The van der Waals surface area contributed by atoms with E-state index < -0.39 is 0 Å². The molecule has 0 spiro atoms. The Morgan fingerprint density at radius 2 is 1.86 bits per heavy atom. The second kappa shape index (κ2) is 6.19. The van der Waals surface area contributed by atoms with Gasteiger partial charge in [-0.05, 0) is 31.3 Å². The Kier molecular flexibility index (Phi) is 4.11. The Bertz CT molecular complexity index is 686. The van der Waals surface area contributed by atoms with Gasteiger partial charge in [0.25, 0.3) is 5.56 Å². The van der Waals surface area contributed by atoms with Crippen molar-refractivity contribution in [2.45, 2.75) is 0 Å². The van der Waals surface area contributed by atoms with Gasteiger partial charge in [0.1, 0.15) is 11.5 Å². The molecule has 1 aliphatic heterocycles. The fourth-order valence-electron chi connectivity index (χ4n) is 2.54. The number of aromatic nitrogens is 2. The Hall–Kier alpha value is -2.34. The van der Waals surface area contributed by atoms with Crippen molar-refractivity contribution in [2.24, 2.45) is 7.05 Å². The maximum atomic E-state index is 12.0. The normalized spacial score (nSPS) is 15.8. The molecule has 0 saturated carbocycles. The number of aryl methyl sites for hydroxylation is 1. The number of rotatable bonds is 3. The highest BCUT2D eigenvalue weighted by Crippen LogP contribution is 2.18. The summed E-state index contributed by atoms with van der Waals surface area (Å²) in [5.41, 5.74) is 1.59. The van der Waals surface area contributed by atoms with Crippen LogP contribution in [0.15, 0.2) is 41.5 Å². The van der Waals surface area contributed by atoms with E-state index in [0.29, 0.717) is 11.5 Å². The topological polar surface area (TPSA) is 53.4 Å². The first kappa shape index (κ1) is 14.6. The lowest BCUT2D eigenvalue weighted by molar-refractivity contribution is 0.313. The van der Waals surface area contributed by atoms with Crippen molar-refractivity contribution in [1.29, 1.82) is 0 Å². The van der Waals surface area contributed by atoms with Crippen molar-refractivity contribution >= 4 is 17.2 Å². The van der Waals surface area contributed by atoms with Crippen LogP contribution in [0.3, 0.4) is 0 Å². The zero-order valence-electron chi connectivity index (χ0n) is 13.0. The summed E-state index contributed by atoms with van der Waals surface area (Å²) >= 11 is 0. The molecule has 2 aromatic rings. The molecule has 1 aliphatic rings. The van der Waals surface area contributed by atoms with Gasteiger partial charge in [-0.25, -0.2) is 4.98 Å². The second-order valence-corrected chi connectivity index (χ2v) is 5.65. The molecule has 2 aromatic heterocycles. The van der Waals surface area contributed by atoms with E-state index in [1.807, 2.05) is 24.4 Å². The molecule has 0 unspecified atom stereocenters. The third-order valence-corrected chi connectivity index (χ3v) is 4.00. The Morgan fingerprint density at radius 3 is 2.55 bits per heavy atom. The number of piperazine rings is 1. The highest BCUT2D eigenvalue weighted by atomic mass is 16.1. The SMILES string of the molecule is CN1CCN(c2ccc(Nc3cccn(C)c3=O)nc2)CC1. The lowest BCUT2D eigenvalue weighted by Crippen LogP contribution is -2.44. The summed E-state index contributed by atoms with van der Waals surface area (Å²) in [6.07, 6.45) is 3.60. The van der Waals surface area contributed by atoms with E-state index in [2.05, 4.69) is 27.1 Å². The molecule has 6 heteroatoms. The highest BCUT2D eigenvalue weighted by Gasteiger charge is 2.14.